The van der Waals surface area contributed by atoms with Gasteiger partial charge < -0.3 is 5.11 Å². The molecule has 2 nitrogen and oxygen atoms in total. The standard InChI is InChI=1S/C14H17NOS2/c1-10(2)14-15-12(9-18-14)8-17-13-5-3-11(7-16)4-6-13/h3-6,9-10,16H,7-8H2,1-2H3. The van der Waals surface area contributed by atoms with Crippen LogP contribution in [-0.4, -0.2) is 10.1 Å². The Kier molecular flexibility index (Phi) is 4.80. The van der Waals surface area contributed by atoms with Crippen molar-refractivity contribution in [2.75, 3.05) is 0 Å². The summed E-state index contributed by atoms with van der Waals surface area (Å²) in [6.45, 7) is 4.45. The fourth-order valence-electron chi connectivity index (χ4n) is 1.50. The van der Waals surface area contributed by atoms with Crippen LogP contribution >= 0.6 is 23.1 Å². The molecule has 0 aliphatic heterocycles. The molecule has 1 aromatic heterocycles. The SMILES string of the molecule is CC(C)c1nc(CSc2ccc(CO)cc2)cs1. The van der Waals surface area contributed by atoms with Gasteiger partial charge in [-0.15, -0.1) is 23.1 Å². The smallest absolute Gasteiger partial charge is 0.0954 e. The van der Waals surface area contributed by atoms with Crippen molar-refractivity contribution < 1.29 is 5.11 Å². The maximum absolute atomic E-state index is 8.98. The Morgan fingerprint density at radius 3 is 2.56 bits per heavy atom. The van der Waals surface area contributed by atoms with Gasteiger partial charge in [-0.1, -0.05) is 26.0 Å². The van der Waals surface area contributed by atoms with Crippen molar-refractivity contribution >= 4 is 23.1 Å². The second-order valence-corrected chi connectivity index (χ2v) is 6.36. The summed E-state index contributed by atoms with van der Waals surface area (Å²) in [5.41, 5.74) is 2.11. The van der Waals surface area contributed by atoms with Gasteiger partial charge in [0.25, 0.3) is 0 Å². The van der Waals surface area contributed by atoms with Crippen LogP contribution in [0.1, 0.15) is 36.0 Å². The number of hydrogen-bond donors (Lipinski definition) is 1. The molecule has 96 valence electrons. The molecule has 0 saturated heterocycles. The molecule has 0 bridgehead atoms. The molecule has 0 aliphatic rings. The molecule has 0 fully saturated rings. The van der Waals surface area contributed by atoms with E-state index in [-0.39, 0.29) is 6.61 Å². The first-order chi connectivity index (χ1) is 8.69. The van der Waals surface area contributed by atoms with E-state index in [0.29, 0.717) is 5.92 Å². The van der Waals surface area contributed by atoms with Crippen molar-refractivity contribution in [2.45, 2.75) is 37.0 Å². The Morgan fingerprint density at radius 2 is 2.00 bits per heavy atom. The minimum atomic E-state index is 0.106. The van der Waals surface area contributed by atoms with E-state index in [2.05, 4.69) is 24.2 Å². The van der Waals surface area contributed by atoms with Gasteiger partial charge in [0.05, 0.1) is 17.3 Å². The molecular formula is C14H17NOS2. The fourth-order valence-corrected chi connectivity index (χ4v) is 3.23. The molecule has 0 spiro atoms. The van der Waals surface area contributed by atoms with Crippen LogP contribution in [0.15, 0.2) is 34.5 Å². The normalized spacial score (nSPS) is 11.1. The topological polar surface area (TPSA) is 33.1 Å². The lowest BCUT2D eigenvalue weighted by atomic mass is 10.2. The number of hydrogen-bond acceptors (Lipinski definition) is 4. The Labute approximate surface area is 116 Å². The second kappa shape index (κ2) is 6.36. The van der Waals surface area contributed by atoms with Gasteiger partial charge in [0.2, 0.25) is 0 Å². The van der Waals surface area contributed by atoms with E-state index in [9.17, 15) is 0 Å². The van der Waals surface area contributed by atoms with E-state index < -0.39 is 0 Å². The minimum absolute atomic E-state index is 0.106. The number of rotatable bonds is 5. The number of thiazole rings is 1. The molecule has 2 rings (SSSR count). The summed E-state index contributed by atoms with van der Waals surface area (Å²) < 4.78 is 0. The van der Waals surface area contributed by atoms with Gasteiger partial charge >= 0.3 is 0 Å². The van der Waals surface area contributed by atoms with Gasteiger partial charge in [-0.3, -0.25) is 0 Å². The van der Waals surface area contributed by atoms with Crippen LogP contribution in [0.2, 0.25) is 0 Å². The number of thioether (sulfide) groups is 1. The van der Waals surface area contributed by atoms with Gasteiger partial charge in [0.15, 0.2) is 0 Å². The summed E-state index contributed by atoms with van der Waals surface area (Å²) in [5, 5.41) is 12.3. The van der Waals surface area contributed by atoms with Crippen LogP contribution in [-0.2, 0) is 12.4 Å². The number of benzene rings is 1. The van der Waals surface area contributed by atoms with Crippen LogP contribution in [0.25, 0.3) is 0 Å². The van der Waals surface area contributed by atoms with Crippen molar-refractivity contribution in [2.24, 2.45) is 0 Å². The molecule has 1 aromatic carbocycles. The lowest BCUT2D eigenvalue weighted by molar-refractivity contribution is 0.282. The summed E-state index contributed by atoms with van der Waals surface area (Å²) >= 11 is 3.52. The third-order valence-electron chi connectivity index (χ3n) is 2.56. The predicted molar refractivity (Wildman–Crippen MR) is 78.1 cm³/mol. The zero-order valence-electron chi connectivity index (χ0n) is 10.6. The highest BCUT2D eigenvalue weighted by Gasteiger charge is 2.06. The molecule has 0 amide bonds. The van der Waals surface area contributed by atoms with Crippen LogP contribution in [0.4, 0.5) is 0 Å². The van der Waals surface area contributed by atoms with E-state index in [1.807, 2.05) is 24.3 Å². The van der Waals surface area contributed by atoms with Crippen LogP contribution in [0.5, 0.6) is 0 Å². The Bertz CT molecular complexity index is 491. The average Bonchev–Trinajstić information content (AvgIpc) is 2.86. The summed E-state index contributed by atoms with van der Waals surface area (Å²) in [7, 11) is 0. The number of aromatic nitrogens is 1. The zero-order valence-corrected chi connectivity index (χ0v) is 12.2. The quantitative estimate of drug-likeness (QED) is 0.838. The largest absolute Gasteiger partial charge is 0.392 e. The molecule has 0 unspecified atom stereocenters. The molecule has 1 heterocycles. The molecule has 0 saturated carbocycles. The Balaban J connectivity index is 1.93. The average molecular weight is 279 g/mol. The van der Waals surface area contributed by atoms with E-state index in [1.165, 1.54) is 9.90 Å². The third kappa shape index (κ3) is 3.57. The van der Waals surface area contributed by atoms with Gasteiger partial charge in [-0.2, -0.15) is 0 Å². The molecule has 2 aromatic rings. The van der Waals surface area contributed by atoms with Crippen molar-refractivity contribution in [1.29, 1.82) is 0 Å². The molecular weight excluding hydrogens is 262 g/mol. The Hall–Kier alpha value is -0.840. The first-order valence-corrected chi connectivity index (χ1v) is 7.82. The van der Waals surface area contributed by atoms with E-state index in [1.54, 1.807) is 23.1 Å². The van der Waals surface area contributed by atoms with Gasteiger partial charge in [-0.05, 0) is 17.7 Å². The van der Waals surface area contributed by atoms with E-state index >= 15 is 0 Å². The highest BCUT2D eigenvalue weighted by molar-refractivity contribution is 7.98. The third-order valence-corrected chi connectivity index (χ3v) is 4.80. The van der Waals surface area contributed by atoms with E-state index in [4.69, 9.17) is 5.11 Å². The molecule has 0 radical (unpaired) electrons. The fraction of sp³-hybridized carbons (Fsp3) is 0.357. The molecule has 0 atom stereocenters. The van der Waals surface area contributed by atoms with Gasteiger partial charge in [0, 0.05) is 21.9 Å². The van der Waals surface area contributed by atoms with Crippen molar-refractivity contribution in [1.82, 2.24) is 4.98 Å². The first-order valence-electron chi connectivity index (χ1n) is 5.96. The Morgan fingerprint density at radius 1 is 1.28 bits per heavy atom. The first kappa shape index (κ1) is 13.6. The lowest BCUT2D eigenvalue weighted by Gasteiger charge is -2.01. The maximum Gasteiger partial charge on any atom is 0.0954 e. The van der Waals surface area contributed by atoms with Crippen LogP contribution in [0, 0.1) is 0 Å². The number of aliphatic hydroxyl groups excluding tert-OH is 1. The minimum Gasteiger partial charge on any atom is -0.392 e. The maximum atomic E-state index is 8.98. The van der Waals surface area contributed by atoms with Crippen LogP contribution < -0.4 is 0 Å². The highest BCUT2D eigenvalue weighted by atomic mass is 32.2. The van der Waals surface area contributed by atoms with Crippen LogP contribution in [0.3, 0.4) is 0 Å². The second-order valence-electron chi connectivity index (χ2n) is 4.42. The lowest BCUT2D eigenvalue weighted by Crippen LogP contribution is -1.87. The van der Waals surface area contributed by atoms with Crippen molar-refractivity contribution in [3.05, 3.63) is 45.9 Å². The summed E-state index contributed by atoms with van der Waals surface area (Å²) in [6.07, 6.45) is 0. The monoisotopic (exact) mass is 279 g/mol. The molecule has 1 N–H and O–H groups in total. The molecule has 0 aliphatic carbocycles. The zero-order chi connectivity index (χ0) is 13.0. The predicted octanol–water partition coefficient (Wildman–Crippen LogP) is 4.05. The van der Waals surface area contributed by atoms with Gasteiger partial charge in [0.1, 0.15) is 0 Å². The molecule has 4 heteroatoms. The van der Waals surface area contributed by atoms with Crippen molar-refractivity contribution in [3.8, 4) is 0 Å². The van der Waals surface area contributed by atoms with Crippen molar-refractivity contribution in [3.63, 3.8) is 0 Å². The summed E-state index contributed by atoms with van der Waals surface area (Å²) in [5.74, 6) is 1.42. The highest BCUT2D eigenvalue weighted by Crippen LogP contribution is 2.26. The van der Waals surface area contributed by atoms with Gasteiger partial charge in [-0.25, -0.2) is 4.98 Å². The summed E-state index contributed by atoms with van der Waals surface area (Å²) in [6, 6.07) is 8.02. The summed E-state index contributed by atoms with van der Waals surface area (Å²) in [4.78, 5) is 5.83. The van der Waals surface area contributed by atoms with E-state index in [0.717, 1.165) is 17.0 Å². The molecule has 18 heavy (non-hydrogen) atoms. The number of aliphatic hydroxyl groups is 1. The number of nitrogens with zero attached hydrogens (tertiary/aromatic N) is 1.